The molecule has 0 N–H and O–H groups in total. The van der Waals surface area contributed by atoms with Crippen molar-refractivity contribution in [2.24, 2.45) is 0 Å². The largest absolute Gasteiger partial charge is 0.368 e. The molecule has 7 nitrogen and oxygen atoms in total. The third kappa shape index (κ3) is 4.07. The minimum atomic E-state index is 0.135. The molecule has 0 atom stereocenters. The zero-order valence-electron chi connectivity index (χ0n) is 17.3. The topological polar surface area (TPSA) is 66.6 Å². The van der Waals surface area contributed by atoms with Gasteiger partial charge in [0.1, 0.15) is 0 Å². The van der Waals surface area contributed by atoms with Gasteiger partial charge in [-0.25, -0.2) is 9.50 Å². The number of hydrogen-bond donors (Lipinski definition) is 0. The number of piperazine rings is 1. The van der Waals surface area contributed by atoms with Gasteiger partial charge in [0.25, 0.3) is 5.78 Å². The van der Waals surface area contributed by atoms with Crippen molar-refractivity contribution in [3.05, 3.63) is 46.8 Å². The van der Waals surface area contributed by atoms with Crippen molar-refractivity contribution in [1.29, 1.82) is 0 Å². The monoisotopic (exact) mass is 410 g/mol. The third-order valence-electron chi connectivity index (χ3n) is 5.47. The van der Waals surface area contributed by atoms with Gasteiger partial charge in [-0.3, -0.25) is 4.79 Å². The highest BCUT2D eigenvalue weighted by atomic mass is 32.2. The summed E-state index contributed by atoms with van der Waals surface area (Å²) < 4.78 is 1.72. The molecule has 29 heavy (non-hydrogen) atoms. The first-order valence-electron chi connectivity index (χ1n) is 9.85. The quantitative estimate of drug-likeness (QED) is 0.616. The lowest BCUT2D eigenvalue weighted by molar-refractivity contribution is -0.128. The number of thioether (sulfide) groups is 1. The van der Waals surface area contributed by atoms with E-state index < -0.39 is 0 Å². The number of carbonyl (C=O) groups is 1. The van der Waals surface area contributed by atoms with E-state index in [4.69, 9.17) is 0 Å². The molecule has 0 saturated carbocycles. The summed E-state index contributed by atoms with van der Waals surface area (Å²) in [6.45, 7) is 11.4. The van der Waals surface area contributed by atoms with Crippen LogP contribution in [0.3, 0.4) is 0 Å². The van der Waals surface area contributed by atoms with Crippen molar-refractivity contribution in [3.63, 3.8) is 0 Å². The number of aryl methyl sites for hydroxylation is 3. The first kappa shape index (κ1) is 19.7. The Balaban J connectivity index is 1.34. The number of aromatic nitrogens is 4. The van der Waals surface area contributed by atoms with Gasteiger partial charge >= 0.3 is 0 Å². The second-order valence-electron chi connectivity index (χ2n) is 7.52. The Morgan fingerprint density at radius 1 is 1.07 bits per heavy atom. The molecule has 1 aliphatic rings. The molecule has 3 heterocycles. The van der Waals surface area contributed by atoms with Crippen LogP contribution in [-0.4, -0.2) is 62.3 Å². The van der Waals surface area contributed by atoms with Crippen LogP contribution < -0.4 is 4.90 Å². The lowest BCUT2D eigenvalue weighted by Gasteiger charge is -2.37. The summed E-state index contributed by atoms with van der Waals surface area (Å²) in [5, 5.41) is 5.06. The second kappa shape index (κ2) is 8.02. The number of nitrogens with zero attached hydrogens (tertiary/aromatic N) is 6. The average Bonchev–Trinajstić information content (AvgIpc) is 3.12. The number of anilines is 1. The molecule has 0 aliphatic carbocycles. The molecule has 1 fully saturated rings. The van der Waals surface area contributed by atoms with Gasteiger partial charge in [0.2, 0.25) is 11.1 Å². The van der Waals surface area contributed by atoms with E-state index in [2.05, 4.69) is 52.0 Å². The summed E-state index contributed by atoms with van der Waals surface area (Å²) in [6.07, 6.45) is 0. The molecule has 4 rings (SSSR count). The van der Waals surface area contributed by atoms with Crippen LogP contribution in [-0.2, 0) is 4.79 Å². The Bertz CT molecular complexity index is 1050. The summed E-state index contributed by atoms with van der Waals surface area (Å²) in [7, 11) is 0. The maximum atomic E-state index is 12.7. The van der Waals surface area contributed by atoms with E-state index >= 15 is 0 Å². The lowest BCUT2D eigenvalue weighted by atomic mass is 10.1. The second-order valence-corrected chi connectivity index (χ2v) is 8.46. The van der Waals surface area contributed by atoms with Crippen molar-refractivity contribution in [3.8, 4) is 0 Å². The fraction of sp³-hybridized carbons (Fsp3) is 0.429. The van der Waals surface area contributed by atoms with E-state index in [0.29, 0.717) is 16.7 Å². The minimum absolute atomic E-state index is 0.135. The van der Waals surface area contributed by atoms with Gasteiger partial charge in [-0.15, -0.1) is 5.10 Å². The van der Waals surface area contributed by atoms with Gasteiger partial charge in [-0.1, -0.05) is 23.9 Å². The third-order valence-corrected chi connectivity index (χ3v) is 6.30. The number of rotatable bonds is 4. The number of benzene rings is 1. The lowest BCUT2D eigenvalue weighted by Crippen LogP contribution is -2.49. The molecule has 0 unspecified atom stereocenters. The van der Waals surface area contributed by atoms with E-state index in [0.717, 1.165) is 37.6 Å². The van der Waals surface area contributed by atoms with E-state index in [1.165, 1.54) is 28.6 Å². The summed E-state index contributed by atoms with van der Waals surface area (Å²) in [4.78, 5) is 25.8. The van der Waals surface area contributed by atoms with Crippen molar-refractivity contribution < 1.29 is 4.79 Å². The van der Waals surface area contributed by atoms with Gasteiger partial charge in [0.15, 0.2) is 0 Å². The van der Waals surface area contributed by atoms with Crippen LogP contribution >= 0.6 is 11.8 Å². The summed E-state index contributed by atoms with van der Waals surface area (Å²) in [5.41, 5.74) is 5.80. The van der Waals surface area contributed by atoms with Crippen molar-refractivity contribution >= 4 is 29.1 Å². The zero-order valence-corrected chi connectivity index (χ0v) is 18.2. The van der Waals surface area contributed by atoms with Crippen LogP contribution in [0, 0.1) is 27.7 Å². The number of amides is 1. The van der Waals surface area contributed by atoms with Crippen LogP contribution in [0.1, 0.15) is 22.5 Å². The molecule has 1 aromatic carbocycles. The molecular weight excluding hydrogens is 384 g/mol. The van der Waals surface area contributed by atoms with E-state index in [-0.39, 0.29) is 5.91 Å². The van der Waals surface area contributed by atoms with Gasteiger partial charge in [0.05, 0.1) is 5.75 Å². The van der Waals surface area contributed by atoms with E-state index in [9.17, 15) is 4.79 Å². The van der Waals surface area contributed by atoms with Gasteiger partial charge in [0, 0.05) is 43.3 Å². The molecule has 1 saturated heterocycles. The summed E-state index contributed by atoms with van der Waals surface area (Å²) in [6, 6.07) is 8.38. The average molecular weight is 411 g/mol. The Kier molecular flexibility index (Phi) is 5.45. The molecule has 8 heteroatoms. The normalized spacial score (nSPS) is 14.6. The predicted octanol–water partition coefficient (Wildman–Crippen LogP) is 2.80. The SMILES string of the molecule is Cc1cc(C)n2nc(SCC(=O)N3CCN(c4cccc(C)c4C)CC3)nc2n1. The Morgan fingerprint density at radius 2 is 1.83 bits per heavy atom. The maximum absolute atomic E-state index is 12.7. The number of fused-ring (bicyclic) bond motifs is 1. The maximum Gasteiger partial charge on any atom is 0.253 e. The summed E-state index contributed by atoms with van der Waals surface area (Å²) in [5.74, 6) is 1.06. The first-order chi connectivity index (χ1) is 13.9. The molecule has 2 aromatic heterocycles. The highest BCUT2D eigenvalue weighted by Crippen LogP contribution is 2.24. The fourth-order valence-electron chi connectivity index (χ4n) is 3.70. The summed E-state index contributed by atoms with van der Waals surface area (Å²) >= 11 is 1.38. The van der Waals surface area contributed by atoms with Crippen LogP contribution in [0.4, 0.5) is 5.69 Å². The first-order valence-corrected chi connectivity index (χ1v) is 10.8. The Morgan fingerprint density at radius 3 is 2.59 bits per heavy atom. The van der Waals surface area contributed by atoms with E-state index in [1.807, 2.05) is 24.8 Å². The van der Waals surface area contributed by atoms with Crippen LogP contribution in [0.15, 0.2) is 29.4 Å². The highest BCUT2D eigenvalue weighted by Gasteiger charge is 2.23. The fourth-order valence-corrected chi connectivity index (χ4v) is 4.42. The van der Waals surface area contributed by atoms with Crippen molar-refractivity contribution in [2.45, 2.75) is 32.9 Å². The number of carbonyl (C=O) groups excluding carboxylic acids is 1. The predicted molar refractivity (Wildman–Crippen MR) is 116 cm³/mol. The van der Waals surface area contributed by atoms with Crippen molar-refractivity contribution in [2.75, 3.05) is 36.8 Å². The standard InChI is InChI=1S/C21H26N6OS/c1-14-6-5-7-18(17(14)4)25-8-10-26(11-9-25)19(28)13-29-21-23-20-22-15(2)12-16(3)27(20)24-21/h5-7,12H,8-11,13H2,1-4H3. The molecule has 0 bridgehead atoms. The van der Waals surface area contributed by atoms with Gasteiger partial charge < -0.3 is 9.80 Å². The molecule has 3 aromatic rings. The number of hydrogen-bond acceptors (Lipinski definition) is 6. The molecule has 0 radical (unpaired) electrons. The van der Waals surface area contributed by atoms with Crippen LogP contribution in [0.5, 0.6) is 0 Å². The molecule has 0 spiro atoms. The molecule has 1 amide bonds. The van der Waals surface area contributed by atoms with Crippen molar-refractivity contribution in [1.82, 2.24) is 24.5 Å². The smallest absolute Gasteiger partial charge is 0.253 e. The molecular formula is C21H26N6OS. The van der Waals surface area contributed by atoms with Crippen LogP contribution in [0.25, 0.3) is 5.78 Å². The minimum Gasteiger partial charge on any atom is -0.368 e. The van der Waals surface area contributed by atoms with Gasteiger partial charge in [-0.05, 0) is 51.0 Å². The zero-order chi connectivity index (χ0) is 20.5. The Labute approximate surface area is 175 Å². The van der Waals surface area contributed by atoms with E-state index in [1.54, 1.807) is 4.52 Å². The highest BCUT2D eigenvalue weighted by molar-refractivity contribution is 7.99. The molecule has 152 valence electrons. The van der Waals surface area contributed by atoms with Gasteiger partial charge in [-0.2, -0.15) is 4.98 Å². The molecule has 1 aliphatic heterocycles. The Hall–Kier alpha value is -2.61. The van der Waals surface area contributed by atoms with Crippen LogP contribution in [0.2, 0.25) is 0 Å².